The Morgan fingerprint density at radius 2 is 1.84 bits per heavy atom. The molecule has 6 nitrogen and oxygen atoms in total. The first-order valence-electron chi connectivity index (χ1n) is 10.3. The van der Waals surface area contributed by atoms with Gasteiger partial charge in [-0.25, -0.2) is 0 Å². The van der Waals surface area contributed by atoms with E-state index in [0.717, 1.165) is 17.3 Å². The molecule has 0 radical (unpaired) electrons. The highest BCUT2D eigenvalue weighted by Crippen LogP contribution is 2.23. The third-order valence-electron chi connectivity index (χ3n) is 4.59. The van der Waals surface area contributed by atoms with Crippen LogP contribution in [0.4, 0.5) is 5.69 Å². The number of unbranched alkanes of at least 4 members (excludes halogenated alkanes) is 1. The van der Waals surface area contributed by atoms with Crippen molar-refractivity contribution in [1.29, 1.82) is 0 Å². The Labute approximate surface area is 197 Å². The number of carbonyl (C=O) groups is 2. The van der Waals surface area contributed by atoms with Crippen LogP contribution >= 0.6 is 28.1 Å². The summed E-state index contributed by atoms with van der Waals surface area (Å²) in [6, 6.07) is 12.3. The topological polar surface area (TPSA) is 70.7 Å². The Kier molecular flexibility index (Phi) is 9.94. The molecule has 0 fully saturated rings. The first-order valence-corrected chi connectivity index (χ1v) is 11.5. The van der Waals surface area contributed by atoms with E-state index in [-0.39, 0.29) is 16.9 Å². The lowest BCUT2D eigenvalue weighted by Gasteiger charge is -2.19. The SMILES string of the molecule is CCCCOc1ccc(Br)cc1C(=O)NC(=S)Nc1cccc(C(=O)N(CC)CC)c1. The van der Waals surface area contributed by atoms with E-state index in [1.165, 1.54) is 0 Å². The van der Waals surface area contributed by atoms with Gasteiger partial charge < -0.3 is 15.0 Å². The fourth-order valence-corrected chi connectivity index (χ4v) is 3.46. The number of ether oxygens (including phenoxy) is 1. The van der Waals surface area contributed by atoms with Gasteiger partial charge in [-0.1, -0.05) is 35.3 Å². The van der Waals surface area contributed by atoms with Gasteiger partial charge in [-0.15, -0.1) is 0 Å². The molecule has 2 N–H and O–H groups in total. The normalized spacial score (nSPS) is 10.3. The summed E-state index contributed by atoms with van der Waals surface area (Å²) >= 11 is 8.70. The van der Waals surface area contributed by atoms with Crippen LogP contribution in [0, 0.1) is 0 Å². The molecule has 0 unspecified atom stereocenters. The zero-order valence-corrected chi connectivity index (χ0v) is 20.4. The summed E-state index contributed by atoms with van der Waals surface area (Å²) in [7, 11) is 0. The van der Waals surface area contributed by atoms with Gasteiger partial charge in [-0.2, -0.15) is 0 Å². The van der Waals surface area contributed by atoms with E-state index in [1.807, 2.05) is 19.9 Å². The Morgan fingerprint density at radius 3 is 2.52 bits per heavy atom. The second-order valence-electron chi connectivity index (χ2n) is 6.81. The molecule has 2 rings (SSSR count). The number of benzene rings is 2. The minimum atomic E-state index is -0.374. The Hall–Kier alpha value is -2.45. The number of nitrogens with zero attached hydrogens (tertiary/aromatic N) is 1. The van der Waals surface area contributed by atoms with E-state index in [9.17, 15) is 9.59 Å². The number of nitrogens with one attached hydrogen (secondary N) is 2. The summed E-state index contributed by atoms with van der Waals surface area (Å²) in [4.78, 5) is 27.1. The number of carbonyl (C=O) groups excluding carboxylic acids is 2. The van der Waals surface area contributed by atoms with Gasteiger partial charge in [-0.3, -0.25) is 14.9 Å². The number of rotatable bonds is 9. The van der Waals surface area contributed by atoms with Gasteiger partial charge in [0.15, 0.2) is 5.11 Å². The zero-order valence-electron chi connectivity index (χ0n) is 18.0. The molecule has 31 heavy (non-hydrogen) atoms. The monoisotopic (exact) mass is 505 g/mol. The lowest BCUT2D eigenvalue weighted by atomic mass is 10.1. The number of thiocarbonyl (C=S) groups is 1. The van der Waals surface area contributed by atoms with E-state index >= 15 is 0 Å². The maximum atomic E-state index is 12.8. The largest absolute Gasteiger partial charge is 0.493 e. The van der Waals surface area contributed by atoms with E-state index < -0.39 is 0 Å². The van der Waals surface area contributed by atoms with Gasteiger partial charge in [-0.05, 0) is 68.9 Å². The van der Waals surface area contributed by atoms with Crippen LogP contribution in [0.3, 0.4) is 0 Å². The molecule has 0 spiro atoms. The highest BCUT2D eigenvalue weighted by Gasteiger charge is 2.16. The second-order valence-corrected chi connectivity index (χ2v) is 8.13. The molecule has 8 heteroatoms. The number of anilines is 1. The lowest BCUT2D eigenvalue weighted by Crippen LogP contribution is -2.34. The molecule has 0 aliphatic heterocycles. The van der Waals surface area contributed by atoms with Gasteiger partial charge in [0.1, 0.15) is 5.75 Å². The zero-order chi connectivity index (χ0) is 22.8. The summed E-state index contributed by atoms with van der Waals surface area (Å²) < 4.78 is 6.52. The molecule has 2 aromatic carbocycles. The predicted molar refractivity (Wildman–Crippen MR) is 132 cm³/mol. The molecule has 0 aromatic heterocycles. The fourth-order valence-electron chi connectivity index (χ4n) is 2.89. The molecular formula is C23H28BrN3O3S. The van der Waals surface area contributed by atoms with Crippen LogP contribution in [-0.2, 0) is 0 Å². The minimum Gasteiger partial charge on any atom is -0.493 e. The third kappa shape index (κ3) is 7.33. The van der Waals surface area contributed by atoms with Crippen molar-refractivity contribution in [3.8, 4) is 5.75 Å². The van der Waals surface area contributed by atoms with Gasteiger partial charge >= 0.3 is 0 Å². The predicted octanol–water partition coefficient (Wildman–Crippen LogP) is 5.24. The van der Waals surface area contributed by atoms with E-state index in [2.05, 4.69) is 33.5 Å². The van der Waals surface area contributed by atoms with Crippen LogP contribution in [0.2, 0.25) is 0 Å². The van der Waals surface area contributed by atoms with Gasteiger partial charge in [0, 0.05) is 28.8 Å². The average molecular weight is 506 g/mol. The number of hydrogen-bond donors (Lipinski definition) is 2. The second kappa shape index (κ2) is 12.4. The van der Waals surface area contributed by atoms with Crippen LogP contribution in [0.5, 0.6) is 5.75 Å². The molecule has 0 saturated heterocycles. The van der Waals surface area contributed by atoms with Crippen molar-refractivity contribution < 1.29 is 14.3 Å². The fraction of sp³-hybridized carbons (Fsp3) is 0.348. The molecule has 0 saturated carbocycles. The molecule has 0 aliphatic carbocycles. The molecule has 0 aliphatic rings. The van der Waals surface area contributed by atoms with Crippen molar-refractivity contribution in [1.82, 2.24) is 10.2 Å². The van der Waals surface area contributed by atoms with Crippen LogP contribution in [0.25, 0.3) is 0 Å². The van der Waals surface area contributed by atoms with Gasteiger partial charge in [0.05, 0.1) is 12.2 Å². The Bertz CT molecular complexity index is 932. The van der Waals surface area contributed by atoms with Gasteiger partial charge in [0.2, 0.25) is 0 Å². The molecule has 2 aromatic rings. The van der Waals surface area contributed by atoms with Crippen LogP contribution < -0.4 is 15.4 Å². The van der Waals surface area contributed by atoms with Crippen molar-refractivity contribution in [2.75, 3.05) is 25.0 Å². The van der Waals surface area contributed by atoms with Crippen molar-refractivity contribution >= 4 is 50.8 Å². The highest BCUT2D eigenvalue weighted by molar-refractivity contribution is 9.10. The summed E-state index contributed by atoms with van der Waals surface area (Å²) in [5, 5.41) is 5.79. The molecule has 2 amide bonds. The summed E-state index contributed by atoms with van der Waals surface area (Å²) in [5.74, 6) is 0.0797. The Balaban J connectivity index is 2.08. The molecule has 0 atom stereocenters. The summed E-state index contributed by atoms with van der Waals surface area (Å²) in [5.41, 5.74) is 1.57. The number of halogens is 1. The molecule has 166 valence electrons. The van der Waals surface area contributed by atoms with E-state index in [0.29, 0.717) is 42.3 Å². The van der Waals surface area contributed by atoms with Crippen LogP contribution in [-0.4, -0.2) is 41.5 Å². The summed E-state index contributed by atoms with van der Waals surface area (Å²) in [6.45, 7) is 7.77. The van der Waals surface area contributed by atoms with Crippen molar-refractivity contribution in [3.05, 3.63) is 58.1 Å². The molecule has 0 heterocycles. The first kappa shape index (κ1) is 24.8. The minimum absolute atomic E-state index is 0.0494. The Morgan fingerprint density at radius 1 is 1.10 bits per heavy atom. The first-order chi connectivity index (χ1) is 14.9. The lowest BCUT2D eigenvalue weighted by molar-refractivity contribution is 0.0772. The summed E-state index contributed by atoms with van der Waals surface area (Å²) in [6.07, 6.45) is 1.90. The third-order valence-corrected chi connectivity index (χ3v) is 5.28. The number of hydrogen-bond acceptors (Lipinski definition) is 4. The quantitative estimate of drug-likeness (QED) is 0.360. The van der Waals surface area contributed by atoms with E-state index in [1.54, 1.807) is 41.3 Å². The molecule has 0 bridgehead atoms. The highest BCUT2D eigenvalue weighted by atomic mass is 79.9. The van der Waals surface area contributed by atoms with E-state index in [4.69, 9.17) is 17.0 Å². The maximum Gasteiger partial charge on any atom is 0.261 e. The molecular weight excluding hydrogens is 478 g/mol. The number of amides is 2. The standard InChI is InChI=1S/C23H28BrN3O3S/c1-4-7-13-30-20-12-11-17(24)15-19(20)21(28)26-23(31)25-18-10-8-9-16(14-18)22(29)27(5-2)6-3/h8-12,14-15H,4-7,13H2,1-3H3,(H2,25,26,28,31). The average Bonchev–Trinajstić information content (AvgIpc) is 2.75. The van der Waals surface area contributed by atoms with Crippen molar-refractivity contribution in [2.45, 2.75) is 33.6 Å². The van der Waals surface area contributed by atoms with Gasteiger partial charge in [0.25, 0.3) is 11.8 Å². The van der Waals surface area contributed by atoms with Crippen molar-refractivity contribution in [3.63, 3.8) is 0 Å². The van der Waals surface area contributed by atoms with Crippen LogP contribution in [0.1, 0.15) is 54.3 Å². The maximum absolute atomic E-state index is 12.8. The van der Waals surface area contributed by atoms with Crippen LogP contribution in [0.15, 0.2) is 46.9 Å². The van der Waals surface area contributed by atoms with Crippen molar-refractivity contribution in [2.24, 2.45) is 0 Å². The smallest absolute Gasteiger partial charge is 0.261 e.